The maximum atomic E-state index is 13.6. The first-order valence-corrected chi connectivity index (χ1v) is 13.3. The molecule has 180 valence electrons. The number of aromatic nitrogens is 1. The van der Waals surface area contributed by atoms with Gasteiger partial charge >= 0.3 is 0 Å². The van der Waals surface area contributed by atoms with E-state index in [2.05, 4.69) is 10.3 Å². The Morgan fingerprint density at radius 2 is 1.58 bits per heavy atom. The second kappa shape index (κ2) is 11.8. The third-order valence-corrected chi connectivity index (χ3v) is 7.77. The molecule has 5 nitrogen and oxygen atoms in total. The molecule has 2 aliphatic rings. The van der Waals surface area contributed by atoms with E-state index < -0.39 is 6.04 Å². The maximum Gasteiger partial charge on any atom is 0.266 e. The molecule has 4 rings (SSSR count). The average molecular weight is 453 g/mol. The smallest absolute Gasteiger partial charge is 0.266 e. The van der Waals surface area contributed by atoms with Crippen molar-refractivity contribution in [1.82, 2.24) is 10.3 Å². The fourth-order valence-electron chi connectivity index (χ4n) is 5.93. The number of para-hydroxylation sites is 2. The van der Waals surface area contributed by atoms with Crippen LogP contribution in [-0.4, -0.2) is 22.7 Å². The van der Waals surface area contributed by atoms with Crippen LogP contribution in [0.15, 0.2) is 28.7 Å². The molecule has 0 unspecified atom stereocenters. The Balaban J connectivity index is 1.46. The number of hydrogen-bond acceptors (Lipinski definition) is 4. The highest BCUT2D eigenvalue weighted by Crippen LogP contribution is 2.35. The predicted octanol–water partition coefficient (Wildman–Crippen LogP) is 6.85. The van der Waals surface area contributed by atoms with Crippen LogP contribution in [0.4, 0.5) is 0 Å². The zero-order valence-corrected chi connectivity index (χ0v) is 20.2. The van der Waals surface area contributed by atoms with Gasteiger partial charge in [-0.3, -0.25) is 9.59 Å². The molecule has 2 fully saturated rings. The van der Waals surface area contributed by atoms with Gasteiger partial charge in [-0.15, -0.1) is 0 Å². The Bertz CT molecular complexity index is 856. The summed E-state index contributed by atoms with van der Waals surface area (Å²) in [6, 6.07) is 6.83. The molecule has 0 aliphatic heterocycles. The summed E-state index contributed by atoms with van der Waals surface area (Å²) in [5.74, 6) is 1.26. The third kappa shape index (κ3) is 6.45. The topological polar surface area (TPSA) is 72.2 Å². The number of benzene rings is 1. The van der Waals surface area contributed by atoms with E-state index >= 15 is 0 Å². The second-order valence-electron chi connectivity index (χ2n) is 10.4. The number of rotatable bonds is 10. The Hall–Kier alpha value is -2.17. The SMILES string of the molecule is CCC[C@H](NC(=O)C(CC1CCCCC1)CC1CCCCC1)C(=O)c1nc2ccccc2o1. The van der Waals surface area contributed by atoms with Crippen molar-refractivity contribution in [2.45, 2.75) is 103 Å². The van der Waals surface area contributed by atoms with Gasteiger partial charge in [0.05, 0.1) is 6.04 Å². The van der Waals surface area contributed by atoms with E-state index in [1.165, 1.54) is 64.2 Å². The van der Waals surface area contributed by atoms with Crippen LogP contribution in [-0.2, 0) is 4.79 Å². The van der Waals surface area contributed by atoms with Gasteiger partial charge in [-0.1, -0.05) is 89.7 Å². The fraction of sp³-hybridized carbons (Fsp3) is 0.679. The number of Topliss-reactive ketones (excluding diaryl/α,β-unsaturated/α-hetero) is 1. The number of ketones is 1. The van der Waals surface area contributed by atoms with Crippen LogP contribution in [0.5, 0.6) is 0 Å². The van der Waals surface area contributed by atoms with Gasteiger partial charge in [0.2, 0.25) is 11.7 Å². The molecule has 0 bridgehead atoms. The number of oxazole rings is 1. The normalized spacial score (nSPS) is 19.1. The van der Waals surface area contributed by atoms with Crippen molar-refractivity contribution < 1.29 is 14.0 Å². The summed E-state index contributed by atoms with van der Waals surface area (Å²) in [6.45, 7) is 2.04. The third-order valence-electron chi connectivity index (χ3n) is 7.77. The number of nitrogens with one attached hydrogen (secondary N) is 1. The quantitative estimate of drug-likeness (QED) is 0.400. The van der Waals surface area contributed by atoms with Crippen LogP contribution in [0, 0.1) is 17.8 Å². The van der Waals surface area contributed by atoms with Crippen LogP contribution in [0.2, 0.25) is 0 Å². The summed E-state index contributed by atoms with van der Waals surface area (Å²) < 4.78 is 5.73. The van der Waals surface area contributed by atoms with Gasteiger partial charge in [0.1, 0.15) is 5.52 Å². The van der Waals surface area contributed by atoms with E-state index in [0.717, 1.165) is 19.3 Å². The predicted molar refractivity (Wildman–Crippen MR) is 131 cm³/mol. The van der Waals surface area contributed by atoms with Gasteiger partial charge in [-0.25, -0.2) is 4.98 Å². The minimum absolute atomic E-state index is 0.00647. The number of hydrogen-bond donors (Lipinski definition) is 1. The molecule has 0 radical (unpaired) electrons. The molecule has 0 spiro atoms. The first kappa shape index (κ1) is 24.0. The van der Waals surface area contributed by atoms with Crippen molar-refractivity contribution in [3.05, 3.63) is 30.2 Å². The van der Waals surface area contributed by atoms with Gasteiger partial charge < -0.3 is 9.73 Å². The lowest BCUT2D eigenvalue weighted by molar-refractivity contribution is -0.127. The zero-order chi connectivity index (χ0) is 23.0. The van der Waals surface area contributed by atoms with Crippen LogP contribution in [0.1, 0.15) is 108 Å². The number of carbonyl (C=O) groups is 2. The number of nitrogens with zero attached hydrogens (tertiary/aromatic N) is 1. The zero-order valence-electron chi connectivity index (χ0n) is 20.2. The molecule has 1 aromatic carbocycles. The highest BCUT2D eigenvalue weighted by Gasteiger charge is 2.32. The van der Waals surface area contributed by atoms with Gasteiger partial charge in [-0.2, -0.15) is 0 Å². The van der Waals surface area contributed by atoms with Gasteiger partial charge in [0.15, 0.2) is 5.58 Å². The van der Waals surface area contributed by atoms with Gasteiger partial charge in [-0.05, 0) is 43.2 Å². The highest BCUT2D eigenvalue weighted by atomic mass is 16.4. The van der Waals surface area contributed by atoms with Crippen molar-refractivity contribution in [3.8, 4) is 0 Å². The first-order valence-electron chi connectivity index (χ1n) is 13.3. The molecule has 1 heterocycles. The number of amides is 1. The Morgan fingerprint density at radius 1 is 0.970 bits per heavy atom. The van der Waals surface area contributed by atoms with E-state index in [4.69, 9.17) is 4.42 Å². The summed E-state index contributed by atoms with van der Waals surface area (Å²) in [7, 11) is 0. The number of fused-ring (bicyclic) bond motifs is 1. The summed E-state index contributed by atoms with van der Waals surface area (Å²) in [6.07, 6.45) is 16.1. The van der Waals surface area contributed by atoms with E-state index in [1.807, 2.05) is 31.2 Å². The molecule has 2 aromatic rings. The van der Waals surface area contributed by atoms with Crippen LogP contribution in [0.3, 0.4) is 0 Å². The second-order valence-corrected chi connectivity index (χ2v) is 10.4. The van der Waals surface area contributed by atoms with Crippen molar-refractivity contribution in [3.63, 3.8) is 0 Å². The molecule has 1 atom stereocenters. The van der Waals surface area contributed by atoms with Crippen LogP contribution < -0.4 is 5.32 Å². The average Bonchev–Trinajstić information content (AvgIpc) is 3.28. The molecular formula is C28H40N2O3. The summed E-state index contributed by atoms with van der Waals surface area (Å²) in [4.78, 5) is 31.2. The fourth-order valence-corrected chi connectivity index (χ4v) is 5.93. The summed E-state index contributed by atoms with van der Waals surface area (Å²) in [5, 5.41) is 3.15. The molecule has 2 saturated carbocycles. The van der Waals surface area contributed by atoms with E-state index in [9.17, 15) is 9.59 Å². The van der Waals surface area contributed by atoms with E-state index in [-0.39, 0.29) is 23.5 Å². The van der Waals surface area contributed by atoms with Crippen LogP contribution >= 0.6 is 0 Å². The monoisotopic (exact) mass is 452 g/mol. The molecule has 1 N–H and O–H groups in total. The van der Waals surface area contributed by atoms with Crippen molar-refractivity contribution in [1.29, 1.82) is 0 Å². The van der Waals surface area contributed by atoms with Gasteiger partial charge in [0.25, 0.3) is 5.89 Å². The van der Waals surface area contributed by atoms with Gasteiger partial charge in [0, 0.05) is 5.92 Å². The minimum atomic E-state index is -0.573. The number of carbonyl (C=O) groups excluding carboxylic acids is 2. The van der Waals surface area contributed by atoms with Crippen molar-refractivity contribution in [2.24, 2.45) is 17.8 Å². The summed E-state index contributed by atoms with van der Waals surface area (Å²) >= 11 is 0. The van der Waals surface area contributed by atoms with Crippen molar-refractivity contribution >= 4 is 22.8 Å². The molecule has 1 aromatic heterocycles. The maximum absolute atomic E-state index is 13.6. The lowest BCUT2D eigenvalue weighted by Crippen LogP contribution is -2.44. The summed E-state index contributed by atoms with van der Waals surface area (Å²) in [5.41, 5.74) is 1.28. The molecule has 1 amide bonds. The highest BCUT2D eigenvalue weighted by molar-refractivity contribution is 6.00. The first-order chi connectivity index (χ1) is 16.1. The molecule has 2 aliphatic carbocycles. The lowest BCUT2D eigenvalue weighted by atomic mass is 9.76. The standard InChI is InChI=1S/C28H40N2O3/c1-2-11-24(26(31)28-30-23-16-9-10-17-25(23)33-28)29-27(32)22(18-20-12-5-3-6-13-20)19-21-14-7-4-8-15-21/h9-10,16-17,20-22,24H,2-8,11-15,18-19H2,1H3,(H,29,32)/t24-/m0/s1. The molecular weight excluding hydrogens is 412 g/mol. The largest absolute Gasteiger partial charge is 0.434 e. The lowest BCUT2D eigenvalue weighted by Gasteiger charge is -2.30. The molecule has 5 heteroatoms. The molecule has 0 saturated heterocycles. The molecule has 33 heavy (non-hydrogen) atoms. The minimum Gasteiger partial charge on any atom is -0.434 e. The Kier molecular flexibility index (Phi) is 8.57. The van der Waals surface area contributed by atoms with E-state index in [1.54, 1.807) is 0 Å². The Labute approximate surface area is 198 Å². The van der Waals surface area contributed by atoms with Crippen molar-refractivity contribution in [2.75, 3.05) is 0 Å². The van der Waals surface area contributed by atoms with Crippen LogP contribution in [0.25, 0.3) is 11.1 Å². The Morgan fingerprint density at radius 3 is 2.15 bits per heavy atom. The van der Waals surface area contributed by atoms with E-state index in [0.29, 0.717) is 29.4 Å².